The van der Waals surface area contributed by atoms with Crippen molar-refractivity contribution in [3.63, 3.8) is 0 Å². The first-order chi connectivity index (χ1) is 13.7. The van der Waals surface area contributed by atoms with E-state index in [1.165, 1.54) is 0 Å². The van der Waals surface area contributed by atoms with E-state index in [1.54, 1.807) is 6.20 Å². The summed E-state index contributed by atoms with van der Waals surface area (Å²) in [6.07, 6.45) is 3.30. The third-order valence-electron chi connectivity index (χ3n) is 4.53. The van der Waals surface area contributed by atoms with E-state index in [9.17, 15) is 9.90 Å². The highest BCUT2D eigenvalue weighted by Gasteiger charge is 2.45. The fraction of sp³-hybridized carbons (Fsp3) is 0.545. The number of quaternary nitrogens is 1. The van der Waals surface area contributed by atoms with Gasteiger partial charge in [0.15, 0.2) is 12.9 Å². The molecule has 0 aliphatic carbocycles. The Labute approximate surface area is 173 Å². The molecule has 1 aliphatic heterocycles. The van der Waals surface area contributed by atoms with Crippen LogP contribution in [0.3, 0.4) is 0 Å². The number of alkyl carbamates (subject to hydrolysis) is 1. The molecule has 2 atom stereocenters. The second-order valence-electron chi connectivity index (χ2n) is 8.69. The highest BCUT2D eigenvalue weighted by atomic mass is 16.6. The van der Waals surface area contributed by atoms with E-state index >= 15 is 0 Å². The number of nitrogens with one attached hydrogen (secondary N) is 1. The molecule has 29 heavy (non-hydrogen) atoms. The zero-order chi connectivity index (χ0) is 21.5. The number of rotatable bonds is 9. The van der Waals surface area contributed by atoms with Gasteiger partial charge in [0.2, 0.25) is 5.84 Å². The molecule has 0 saturated carbocycles. The number of nitrogens with zero attached hydrogens (tertiary/aromatic N) is 2. The van der Waals surface area contributed by atoms with Crippen molar-refractivity contribution < 1.29 is 23.9 Å². The number of aliphatic imine (C=N–C) groups is 1. The third kappa shape index (κ3) is 6.66. The van der Waals surface area contributed by atoms with Gasteiger partial charge in [-0.2, -0.15) is 0 Å². The molecule has 0 spiro atoms. The normalized spacial score (nSPS) is 19.9. The zero-order valence-corrected chi connectivity index (χ0v) is 18.1. The molecule has 7 heteroatoms. The molecule has 0 radical (unpaired) electrons. The van der Waals surface area contributed by atoms with Gasteiger partial charge in [0.25, 0.3) is 0 Å². The predicted octanol–water partition coefficient (Wildman–Crippen LogP) is 3.75. The first-order valence-electron chi connectivity index (χ1n) is 10.0. The Morgan fingerprint density at radius 2 is 1.93 bits per heavy atom. The molecule has 1 unspecified atom stereocenters. The maximum absolute atomic E-state index is 12.5. The number of hydrogen-bond donors (Lipinski definition) is 2. The van der Waals surface area contributed by atoms with Crippen LogP contribution in [-0.4, -0.2) is 46.6 Å². The van der Waals surface area contributed by atoms with Gasteiger partial charge in [0.1, 0.15) is 18.4 Å². The molecular formula is C22H34N3O4+. The number of amides is 1. The Balaban J connectivity index is 2.22. The molecular weight excluding hydrogens is 370 g/mol. The minimum Gasteiger partial charge on any atom is -0.444 e. The van der Waals surface area contributed by atoms with Gasteiger partial charge < -0.3 is 14.6 Å². The van der Waals surface area contributed by atoms with Crippen LogP contribution in [0.4, 0.5) is 4.79 Å². The topological polar surface area (TPSA) is 80.2 Å². The van der Waals surface area contributed by atoms with Gasteiger partial charge in [-0.15, -0.1) is 0 Å². The van der Waals surface area contributed by atoms with Crippen LogP contribution in [0.5, 0.6) is 0 Å². The van der Waals surface area contributed by atoms with E-state index in [2.05, 4.69) is 24.2 Å². The summed E-state index contributed by atoms with van der Waals surface area (Å²) in [5.74, 6) is 0.827. The molecule has 7 nitrogen and oxygen atoms in total. The van der Waals surface area contributed by atoms with Crippen LogP contribution in [-0.2, 0) is 16.1 Å². The van der Waals surface area contributed by atoms with E-state index in [0.717, 1.165) is 5.56 Å². The number of carbonyl (C=O) groups is 1. The Bertz CT molecular complexity index is 725. The average molecular weight is 405 g/mol. The number of carbonyl (C=O) groups excluding carboxylic acids is 1. The molecule has 2 N–H and O–H groups in total. The Hall–Kier alpha value is -2.22. The van der Waals surface area contributed by atoms with Gasteiger partial charge >= 0.3 is 6.09 Å². The van der Waals surface area contributed by atoms with E-state index in [0.29, 0.717) is 24.8 Å². The van der Waals surface area contributed by atoms with Crippen molar-refractivity contribution in [2.45, 2.75) is 59.4 Å². The summed E-state index contributed by atoms with van der Waals surface area (Å²) in [6, 6.07) is 9.88. The van der Waals surface area contributed by atoms with Crippen molar-refractivity contribution in [3.05, 3.63) is 48.3 Å². The lowest BCUT2D eigenvalue weighted by molar-refractivity contribution is -0.842. The smallest absolute Gasteiger partial charge is 0.412 e. The van der Waals surface area contributed by atoms with Gasteiger partial charge in [0.05, 0.1) is 12.8 Å². The molecule has 160 valence electrons. The lowest BCUT2D eigenvalue weighted by atomic mass is 10.1. The number of amidine groups is 1. The Morgan fingerprint density at radius 3 is 2.52 bits per heavy atom. The van der Waals surface area contributed by atoms with Crippen LogP contribution in [0.2, 0.25) is 0 Å². The highest BCUT2D eigenvalue weighted by Crippen LogP contribution is 2.26. The van der Waals surface area contributed by atoms with E-state index in [1.807, 2.05) is 57.3 Å². The van der Waals surface area contributed by atoms with Crippen LogP contribution >= 0.6 is 0 Å². The summed E-state index contributed by atoms with van der Waals surface area (Å²) in [7, 11) is 0. The van der Waals surface area contributed by atoms with Gasteiger partial charge in [-0.1, -0.05) is 44.2 Å². The second-order valence-corrected chi connectivity index (χ2v) is 8.69. The summed E-state index contributed by atoms with van der Waals surface area (Å²) in [5.41, 5.74) is 0.451. The summed E-state index contributed by atoms with van der Waals surface area (Å²) in [4.78, 5) is 16.9. The van der Waals surface area contributed by atoms with Crippen molar-refractivity contribution in [2.75, 3.05) is 13.3 Å². The lowest BCUT2D eigenvalue weighted by Gasteiger charge is -2.39. The van der Waals surface area contributed by atoms with Crippen LogP contribution in [0, 0.1) is 5.92 Å². The van der Waals surface area contributed by atoms with E-state index in [4.69, 9.17) is 9.47 Å². The number of aliphatic hydroxyl groups is 1. The molecule has 0 saturated heterocycles. The summed E-state index contributed by atoms with van der Waals surface area (Å²) in [5, 5.41) is 12.9. The van der Waals surface area contributed by atoms with Crippen molar-refractivity contribution in [1.29, 1.82) is 0 Å². The molecule has 1 aromatic carbocycles. The van der Waals surface area contributed by atoms with Crippen molar-refractivity contribution in [3.8, 4) is 0 Å². The quantitative estimate of drug-likeness (QED) is 0.614. The van der Waals surface area contributed by atoms with E-state index in [-0.39, 0.29) is 24.0 Å². The van der Waals surface area contributed by atoms with Crippen molar-refractivity contribution in [1.82, 2.24) is 5.32 Å². The van der Waals surface area contributed by atoms with Crippen LogP contribution in [0.25, 0.3) is 0 Å². The molecule has 1 aromatic rings. The average Bonchev–Trinajstić information content (AvgIpc) is 3.04. The number of benzene rings is 1. The monoisotopic (exact) mass is 404 g/mol. The minimum atomic E-state index is -0.601. The number of aliphatic hydroxyl groups excluding tert-OH is 1. The summed E-state index contributed by atoms with van der Waals surface area (Å²) >= 11 is 0. The van der Waals surface area contributed by atoms with Crippen molar-refractivity contribution >= 4 is 11.9 Å². The molecule has 1 heterocycles. The number of ether oxygens (including phenoxy) is 2. The van der Waals surface area contributed by atoms with Crippen LogP contribution in [0.1, 0.15) is 46.6 Å². The van der Waals surface area contributed by atoms with Gasteiger partial charge in [-0.05, 0) is 32.3 Å². The van der Waals surface area contributed by atoms with E-state index < -0.39 is 11.7 Å². The molecule has 0 fully saturated rings. The Kier molecular flexibility index (Phi) is 7.96. The van der Waals surface area contributed by atoms with Crippen LogP contribution in [0.15, 0.2) is 47.7 Å². The molecule has 1 aliphatic rings. The number of hydrogen-bond acceptors (Lipinski definition) is 5. The third-order valence-corrected chi connectivity index (χ3v) is 4.53. The first-order valence-corrected chi connectivity index (χ1v) is 10.0. The molecule has 0 bridgehead atoms. The van der Waals surface area contributed by atoms with Gasteiger partial charge in [-0.25, -0.2) is 14.3 Å². The standard InChI is InChI=1S/C22H33N3O4/c1-17(2)13-19(24-21(27)29-22(3,4)5)25(12-11-23-20(25)14-26)16-28-15-18-9-7-6-8-10-18/h6-12,17,19,26H,13-16H2,1-5H3/p+1/t19-,25?/m0/s1. The maximum Gasteiger partial charge on any atom is 0.412 e. The van der Waals surface area contributed by atoms with Crippen molar-refractivity contribution in [2.24, 2.45) is 10.9 Å². The predicted molar refractivity (Wildman–Crippen MR) is 113 cm³/mol. The van der Waals surface area contributed by atoms with Gasteiger partial charge in [0, 0.05) is 6.42 Å². The lowest BCUT2D eigenvalue weighted by Crippen LogP contribution is -2.63. The fourth-order valence-electron chi connectivity index (χ4n) is 3.24. The van der Waals surface area contributed by atoms with Gasteiger partial charge in [-0.3, -0.25) is 5.32 Å². The largest absolute Gasteiger partial charge is 0.444 e. The highest BCUT2D eigenvalue weighted by molar-refractivity contribution is 5.79. The first kappa shape index (κ1) is 23.1. The maximum atomic E-state index is 12.5. The molecule has 1 amide bonds. The zero-order valence-electron chi connectivity index (χ0n) is 18.1. The summed E-state index contributed by atoms with van der Waals surface area (Å²) in [6.45, 7) is 10.1. The second kappa shape index (κ2) is 10.0. The fourth-order valence-corrected chi connectivity index (χ4v) is 3.24. The Morgan fingerprint density at radius 1 is 1.24 bits per heavy atom. The summed E-state index contributed by atoms with van der Waals surface area (Å²) < 4.78 is 11.6. The molecule has 2 rings (SSSR count). The molecule has 0 aromatic heterocycles. The minimum absolute atomic E-state index is 0.112. The SMILES string of the molecule is CC(C)C[C@@H](NC(=O)OC(C)(C)C)[N+]1(COCc2ccccc2)C=CN=C1CO. The van der Waals surface area contributed by atoms with Crippen LogP contribution < -0.4 is 5.32 Å².